The zero-order chi connectivity index (χ0) is 13.7. The van der Waals surface area contributed by atoms with Gasteiger partial charge in [0.2, 0.25) is 5.91 Å². The molecule has 1 saturated heterocycles. The highest BCUT2D eigenvalue weighted by atomic mass is 16.2. The van der Waals surface area contributed by atoms with E-state index in [4.69, 9.17) is 0 Å². The normalized spacial score (nSPS) is 29.5. The Morgan fingerprint density at radius 2 is 1.58 bits per heavy atom. The Balaban J connectivity index is 1.65. The van der Waals surface area contributed by atoms with Gasteiger partial charge in [0.05, 0.1) is 0 Å². The van der Waals surface area contributed by atoms with Crippen molar-refractivity contribution < 1.29 is 4.79 Å². The van der Waals surface area contributed by atoms with Crippen LogP contribution in [0.5, 0.6) is 0 Å². The molecule has 0 unspecified atom stereocenters. The lowest BCUT2D eigenvalue weighted by atomic mass is 9.80. The van der Waals surface area contributed by atoms with Crippen molar-refractivity contribution in [3.63, 3.8) is 0 Å². The van der Waals surface area contributed by atoms with Crippen molar-refractivity contribution in [3.05, 3.63) is 0 Å². The summed E-state index contributed by atoms with van der Waals surface area (Å²) in [7, 11) is 0. The fraction of sp³-hybridized carbons (Fsp3) is 0.938. The number of nitrogens with zero attached hydrogens (tertiary/aromatic N) is 2. The molecule has 19 heavy (non-hydrogen) atoms. The molecule has 1 aliphatic heterocycles. The van der Waals surface area contributed by atoms with Crippen LogP contribution in [-0.2, 0) is 4.79 Å². The lowest BCUT2D eigenvalue weighted by molar-refractivity contribution is -0.130. The van der Waals surface area contributed by atoms with Gasteiger partial charge in [-0.15, -0.1) is 0 Å². The van der Waals surface area contributed by atoms with Gasteiger partial charge in [-0.25, -0.2) is 0 Å². The number of rotatable bonds is 4. The molecule has 0 aromatic carbocycles. The molecule has 1 aliphatic carbocycles. The van der Waals surface area contributed by atoms with Crippen LogP contribution < -0.4 is 0 Å². The third-order valence-corrected chi connectivity index (χ3v) is 5.00. The molecule has 0 aromatic rings. The molecule has 110 valence electrons. The Labute approximate surface area is 118 Å². The number of hydrogen-bond acceptors (Lipinski definition) is 2. The molecule has 1 heterocycles. The molecule has 2 fully saturated rings. The van der Waals surface area contributed by atoms with Gasteiger partial charge in [-0.3, -0.25) is 9.69 Å². The van der Waals surface area contributed by atoms with Gasteiger partial charge >= 0.3 is 0 Å². The van der Waals surface area contributed by atoms with Gasteiger partial charge in [0.1, 0.15) is 0 Å². The van der Waals surface area contributed by atoms with Crippen LogP contribution in [-0.4, -0.2) is 48.4 Å². The van der Waals surface area contributed by atoms with E-state index in [0.717, 1.165) is 38.0 Å². The highest BCUT2D eigenvalue weighted by Gasteiger charge is 2.24. The third-order valence-electron chi connectivity index (χ3n) is 5.00. The Bertz CT molecular complexity index is 276. The summed E-state index contributed by atoms with van der Waals surface area (Å²) in [5, 5.41) is 0. The van der Waals surface area contributed by atoms with Crippen LogP contribution in [0.15, 0.2) is 0 Å². The molecule has 2 rings (SSSR count). The second-order valence-corrected chi connectivity index (χ2v) is 6.48. The van der Waals surface area contributed by atoms with E-state index >= 15 is 0 Å². The Hall–Kier alpha value is -0.570. The van der Waals surface area contributed by atoms with E-state index in [9.17, 15) is 4.79 Å². The van der Waals surface area contributed by atoms with Crippen molar-refractivity contribution in [1.29, 1.82) is 0 Å². The smallest absolute Gasteiger partial charge is 0.219 e. The molecule has 0 bridgehead atoms. The number of amides is 1. The van der Waals surface area contributed by atoms with E-state index in [1.165, 1.54) is 45.1 Å². The molecule has 0 radical (unpaired) electrons. The van der Waals surface area contributed by atoms with Crippen LogP contribution in [0, 0.1) is 11.8 Å². The molecule has 0 spiro atoms. The van der Waals surface area contributed by atoms with Gasteiger partial charge < -0.3 is 4.90 Å². The Morgan fingerprint density at radius 3 is 2.11 bits per heavy atom. The first-order valence-corrected chi connectivity index (χ1v) is 8.17. The first kappa shape index (κ1) is 14.8. The minimum absolute atomic E-state index is 0.236. The molecular weight excluding hydrogens is 236 g/mol. The minimum Gasteiger partial charge on any atom is -0.340 e. The number of hydrogen-bond donors (Lipinski definition) is 0. The number of carbonyl (C=O) groups excluding carboxylic acids is 1. The monoisotopic (exact) mass is 266 g/mol. The summed E-state index contributed by atoms with van der Waals surface area (Å²) in [4.78, 5) is 15.9. The van der Waals surface area contributed by atoms with E-state index in [2.05, 4.69) is 11.8 Å². The van der Waals surface area contributed by atoms with Gasteiger partial charge in [0, 0.05) is 39.6 Å². The summed E-state index contributed by atoms with van der Waals surface area (Å²) in [5.41, 5.74) is 0. The van der Waals surface area contributed by atoms with Gasteiger partial charge in [0.15, 0.2) is 0 Å². The first-order valence-electron chi connectivity index (χ1n) is 8.17. The first-order chi connectivity index (χ1) is 9.19. The molecule has 1 saturated carbocycles. The van der Waals surface area contributed by atoms with Crippen molar-refractivity contribution in [3.8, 4) is 0 Å². The van der Waals surface area contributed by atoms with E-state index < -0.39 is 0 Å². The maximum Gasteiger partial charge on any atom is 0.219 e. The Kier molecular flexibility index (Phi) is 5.68. The predicted molar refractivity (Wildman–Crippen MR) is 79.1 cm³/mol. The summed E-state index contributed by atoms with van der Waals surface area (Å²) in [6.45, 7) is 9.28. The predicted octanol–water partition coefficient (Wildman–Crippen LogP) is 2.76. The van der Waals surface area contributed by atoms with Crippen LogP contribution in [0.1, 0.15) is 52.4 Å². The number of carbonyl (C=O) groups is 1. The molecule has 0 N–H and O–H groups in total. The van der Waals surface area contributed by atoms with Gasteiger partial charge in [-0.1, -0.05) is 32.6 Å². The second-order valence-electron chi connectivity index (χ2n) is 6.48. The van der Waals surface area contributed by atoms with E-state index in [-0.39, 0.29) is 5.91 Å². The molecule has 0 aromatic heterocycles. The summed E-state index contributed by atoms with van der Waals surface area (Å²) in [6, 6.07) is 0. The zero-order valence-electron chi connectivity index (χ0n) is 12.7. The van der Waals surface area contributed by atoms with Crippen LogP contribution in [0.2, 0.25) is 0 Å². The van der Waals surface area contributed by atoms with Gasteiger partial charge in [0.25, 0.3) is 0 Å². The van der Waals surface area contributed by atoms with Crippen molar-refractivity contribution in [2.75, 3.05) is 32.7 Å². The second kappa shape index (κ2) is 7.28. The van der Waals surface area contributed by atoms with Gasteiger partial charge in [-0.2, -0.15) is 0 Å². The quantitative estimate of drug-likeness (QED) is 0.781. The minimum atomic E-state index is 0.236. The summed E-state index contributed by atoms with van der Waals surface area (Å²) < 4.78 is 0. The van der Waals surface area contributed by atoms with Crippen LogP contribution in [0.3, 0.4) is 0 Å². The van der Waals surface area contributed by atoms with Gasteiger partial charge in [-0.05, 0) is 24.7 Å². The Morgan fingerprint density at radius 1 is 1.00 bits per heavy atom. The standard InChI is InChI=1S/C16H30N2O/c1-3-4-15-5-7-16(8-6-15)13-17-9-11-18(12-10-17)14(2)19/h15-16H,3-13H2,1-2H3. The lowest BCUT2D eigenvalue weighted by Gasteiger charge is -2.37. The van der Waals surface area contributed by atoms with Crippen molar-refractivity contribution in [2.45, 2.75) is 52.4 Å². The molecule has 3 nitrogen and oxygen atoms in total. The van der Waals surface area contributed by atoms with E-state index in [1.807, 2.05) is 4.90 Å². The fourth-order valence-corrected chi connectivity index (χ4v) is 3.72. The van der Waals surface area contributed by atoms with E-state index in [0.29, 0.717) is 0 Å². The maximum absolute atomic E-state index is 11.3. The third kappa shape index (κ3) is 4.48. The van der Waals surface area contributed by atoms with Crippen LogP contribution in [0.4, 0.5) is 0 Å². The largest absolute Gasteiger partial charge is 0.340 e. The average Bonchev–Trinajstić information content (AvgIpc) is 2.42. The average molecular weight is 266 g/mol. The molecule has 3 heteroatoms. The lowest BCUT2D eigenvalue weighted by Crippen LogP contribution is -2.49. The topological polar surface area (TPSA) is 23.6 Å². The highest BCUT2D eigenvalue weighted by molar-refractivity contribution is 5.73. The molecule has 1 amide bonds. The van der Waals surface area contributed by atoms with Crippen LogP contribution in [0.25, 0.3) is 0 Å². The van der Waals surface area contributed by atoms with Crippen molar-refractivity contribution >= 4 is 5.91 Å². The SMILES string of the molecule is CCCC1CCC(CN2CCN(C(C)=O)CC2)CC1. The fourth-order valence-electron chi connectivity index (χ4n) is 3.72. The molecular formula is C16H30N2O. The summed E-state index contributed by atoms with van der Waals surface area (Å²) in [5.74, 6) is 2.16. The zero-order valence-corrected chi connectivity index (χ0v) is 12.7. The van der Waals surface area contributed by atoms with Crippen molar-refractivity contribution in [1.82, 2.24) is 9.80 Å². The summed E-state index contributed by atoms with van der Waals surface area (Å²) >= 11 is 0. The molecule has 2 aliphatic rings. The summed E-state index contributed by atoms with van der Waals surface area (Å²) in [6.07, 6.45) is 8.54. The van der Waals surface area contributed by atoms with Crippen LogP contribution >= 0.6 is 0 Å². The van der Waals surface area contributed by atoms with E-state index in [1.54, 1.807) is 6.92 Å². The molecule has 0 atom stereocenters. The highest BCUT2D eigenvalue weighted by Crippen LogP contribution is 2.32. The maximum atomic E-state index is 11.3. The van der Waals surface area contributed by atoms with Crippen molar-refractivity contribution in [2.24, 2.45) is 11.8 Å². The number of piperazine rings is 1.